The Morgan fingerprint density at radius 2 is 1.95 bits per heavy atom. The summed E-state index contributed by atoms with van der Waals surface area (Å²) in [5, 5.41) is 2.30. The van der Waals surface area contributed by atoms with Gasteiger partial charge in [0, 0.05) is 6.08 Å². The molecule has 0 bridgehead atoms. The van der Waals surface area contributed by atoms with Crippen LogP contribution in [-0.4, -0.2) is 12.3 Å². The second kappa shape index (κ2) is 6.17. The van der Waals surface area contributed by atoms with E-state index in [1.165, 1.54) is 30.5 Å². The Morgan fingerprint density at radius 1 is 1.19 bits per heavy atom. The van der Waals surface area contributed by atoms with Crippen LogP contribution in [0.2, 0.25) is 0 Å². The van der Waals surface area contributed by atoms with E-state index < -0.39 is 18.0 Å². The first-order valence-corrected chi connectivity index (χ1v) is 5.81. The highest BCUT2D eigenvalue weighted by molar-refractivity contribution is 6.02. The maximum Gasteiger partial charge on any atom is 0.573 e. The van der Waals surface area contributed by atoms with Gasteiger partial charge in [-0.25, -0.2) is 0 Å². The zero-order valence-corrected chi connectivity index (χ0v) is 10.6. The Hall–Kier alpha value is -2.70. The number of para-hydroxylation sites is 2. The number of anilines is 1. The van der Waals surface area contributed by atoms with Crippen LogP contribution < -0.4 is 10.1 Å². The average molecular weight is 297 g/mol. The summed E-state index contributed by atoms with van der Waals surface area (Å²) in [6.45, 7) is 0. The van der Waals surface area contributed by atoms with E-state index in [1.807, 2.05) is 0 Å². The molecule has 0 atom stereocenters. The number of halogens is 3. The van der Waals surface area contributed by atoms with E-state index >= 15 is 0 Å². The molecular weight excluding hydrogens is 287 g/mol. The van der Waals surface area contributed by atoms with E-state index in [0.717, 1.165) is 12.1 Å². The third kappa shape index (κ3) is 4.72. The minimum absolute atomic E-state index is 0.0797. The average Bonchev–Trinajstić information content (AvgIpc) is 2.90. The van der Waals surface area contributed by atoms with E-state index in [0.29, 0.717) is 5.76 Å². The van der Waals surface area contributed by atoms with E-state index in [-0.39, 0.29) is 5.69 Å². The number of ether oxygens (including phenoxy) is 1. The molecular formula is C14H10F3NO3. The van der Waals surface area contributed by atoms with Crippen molar-refractivity contribution >= 4 is 17.7 Å². The fraction of sp³-hybridized carbons (Fsp3) is 0.0714. The monoisotopic (exact) mass is 297 g/mol. The lowest BCUT2D eigenvalue weighted by atomic mass is 10.3. The molecule has 0 spiro atoms. The standard InChI is InChI=1S/C14H10F3NO3/c15-14(16,17)21-12-6-2-1-5-11(12)18-13(19)8-7-10-4-3-9-20-10/h1-9H,(H,18,19). The quantitative estimate of drug-likeness (QED) is 0.873. The summed E-state index contributed by atoms with van der Waals surface area (Å²) in [6.07, 6.45) is -0.860. The molecule has 0 aliphatic carbocycles. The van der Waals surface area contributed by atoms with Gasteiger partial charge in [0.15, 0.2) is 5.75 Å². The molecule has 7 heteroatoms. The second-order valence-electron chi connectivity index (χ2n) is 3.88. The van der Waals surface area contributed by atoms with Gasteiger partial charge in [-0.15, -0.1) is 13.2 Å². The van der Waals surface area contributed by atoms with Crippen LogP contribution >= 0.6 is 0 Å². The Kier molecular flexibility index (Phi) is 4.32. The summed E-state index contributed by atoms with van der Waals surface area (Å²) in [5.74, 6) is -0.639. The van der Waals surface area contributed by atoms with E-state index in [1.54, 1.807) is 12.1 Å². The largest absolute Gasteiger partial charge is 0.573 e. The molecule has 1 amide bonds. The molecule has 0 fully saturated rings. The van der Waals surface area contributed by atoms with Crippen molar-refractivity contribution in [1.82, 2.24) is 0 Å². The minimum Gasteiger partial charge on any atom is -0.465 e. The van der Waals surface area contributed by atoms with Crippen LogP contribution in [0.1, 0.15) is 5.76 Å². The third-order valence-corrected chi connectivity index (χ3v) is 2.31. The molecule has 2 rings (SSSR count). The molecule has 0 aliphatic heterocycles. The van der Waals surface area contributed by atoms with Crippen molar-refractivity contribution in [3.8, 4) is 5.75 Å². The Labute approximate surface area is 117 Å². The molecule has 4 nitrogen and oxygen atoms in total. The zero-order chi connectivity index (χ0) is 15.3. The molecule has 1 N–H and O–H groups in total. The molecule has 0 saturated carbocycles. The molecule has 0 radical (unpaired) electrons. The highest BCUT2D eigenvalue weighted by atomic mass is 19.4. The highest BCUT2D eigenvalue weighted by Gasteiger charge is 2.32. The van der Waals surface area contributed by atoms with Crippen LogP contribution in [-0.2, 0) is 4.79 Å². The first-order chi connectivity index (χ1) is 9.94. The normalized spacial score (nSPS) is 11.6. The summed E-state index contributed by atoms with van der Waals surface area (Å²) in [5.41, 5.74) is -0.0797. The summed E-state index contributed by atoms with van der Waals surface area (Å²) < 4.78 is 45.5. The molecule has 1 aromatic heterocycles. The number of rotatable bonds is 4. The van der Waals surface area contributed by atoms with E-state index in [4.69, 9.17) is 4.42 Å². The maximum absolute atomic E-state index is 12.2. The number of alkyl halides is 3. The number of benzene rings is 1. The molecule has 110 valence electrons. The Bertz CT molecular complexity index is 633. The summed E-state index contributed by atoms with van der Waals surface area (Å²) >= 11 is 0. The smallest absolute Gasteiger partial charge is 0.465 e. The lowest BCUT2D eigenvalue weighted by molar-refractivity contribution is -0.274. The molecule has 1 aromatic carbocycles. The number of hydrogen-bond donors (Lipinski definition) is 1. The van der Waals surface area contributed by atoms with Crippen molar-refractivity contribution in [2.75, 3.05) is 5.32 Å². The summed E-state index contributed by atoms with van der Waals surface area (Å²) in [6, 6.07) is 8.54. The van der Waals surface area contributed by atoms with Crippen LogP contribution in [0.4, 0.5) is 18.9 Å². The van der Waals surface area contributed by atoms with Crippen LogP contribution in [0.25, 0.3) is 6.08 Å². The van der Waals surface area contributed by atoms with E-state index in [2.05, 4.69) is 10.1 Å². The number of furan rings is 1. The van der Waals surface area contributed by atoms with Crippen molar-refractivity contribution in [1.29, 1.82) is 0 Å². The zero-order valence-electron chi connectivity index (χ0n) is 10.6. The topological polar surface area (TPSA) is 51.5 Å². The molecule has 0 saturated heterocycles. The van der Waals surface area contributed by atoms with Crippen LogP contribution in [0.3, 0.4) is 0 Å². The lowest BCUT2D eigenvalue weighted by Gasteiger charge is -2.12. The van der Waals surface area contributed by atoms with Gasteiger partial charge in [0.1, 0.15) is 5.76 Å². The van der Waals surface area contributed by atoms with Gasteiger partial charge in [-0.05, 0) is 30.3 Å². The van der Waals surface area contributed by atoms with Crippen molar-refractivity contribution in [2.24, 2.45) is 0 Å². The lowest BCUT2D eigenvalue weighted by Crippen LogP contribution is -2.19. The molecule has 21 heavy (non-hydrogen) atoms. The van der Waals surface area contributed by atoms with Gasteiger partial charge in [-0.1, -0.05) is 12.1 Å². The number of amides is 1. The van der Waals surface area contributed by atoms with Gasteiger partial charge in [0.05, 0.1) is 12.0 Å². The third-order valence-electron chi connectivity index (χ3n) is 2.31. The van der Waals surface area contributed by atoms with Gasteiger partial charge < -0.3 is 14.5 Å². The fourth-order valence-electron chi connectivity index (χ4n) is 1.50. The van der Waals surface area contributed by atoms with E-state index in [9.17, 15) is 18.0 Å². The van der Waals surface area contributed by atoms with Gasteiger partial charge in [-0.3, -0.25) is 4.79 Å². The predicted octanol–water partition coefficient (Wildman–Crippen LogP) is 3.83. The number of nitrogens with one attached hydrogen (secondary N) is 1. The molecule has 2 aromatic rings. The van der Waals surface area contributed by atoms with Crippen molar-refractivity contribution in [2.45, 2.75) is 6.36 Å². The van der Waals surface area contributed by atoms with Gasteiger partial charge >= 0.3 is 6.36 Å². The highest BCUT2D eigenvalue weighted by Crippen LogP contribution is 2.29. The predicted molar refractivity (Wildman–Crippen MR) is 69.5 cm³/mol. The Balaban J connectivity index is 2.07. The number of hydrogen-bond acceptors (Lipinski definition) is 3. The second-order valence-corrected chi connectivity index (χ2v) is 3.88. The van der Waals surface area contributed by atoms with Crippen LogP contribution in [0.15, 0.2) is 53.2 Å². The summed E-state index contributed by atoms with van der Waals surface area (Å²) in [4.78, 5) is 11.6. The van der Waals surface area contributed by atoms with Crippen molar-refractivity contribution in [3.05, 3.63) is 54.5 Å². The first kappa shape index (κ1) is 14.7. The van der Waals surface area contributed by atoms with Crippen LogP contribution in [0.5, 0.6) is 5.75 Å². The maximum atomic E-state index is 12.2. The minimum atomic E-state index is -4.83. The molecule has 0 aliphatic rings. The van der Waals surface area contributed by atoms with Gasteiger partial charge in [-0.2, -0.15) is 0 Å². The van der Waals surface area contributed by atoms with Crippen LogP contribution in [0, 0.1) is 0 Å². The SMILES string of the molecule is O=C(C=Cc1ccco1)Nc1ccccc1OC(F)(F)F. The first-order valence-electron chi connectivity index (χ1n) is 5.81. The fourth-order valence-corrected chi connectivity index (χ4v) is 1.50. The molecule has 1 heterocycles. The van der Waals surface area contributed by atoms with Gasteiger partial charge in [0.25, 0.3) is 0 Å². The Morgan fingerprint density at radius 3 is 2.62 bits per heavy atom. The number of carbonyl (C=O) groups excluding carboxylic acids is 1. The van der Waals surface area contributed by atoms with Crippen molar-refractivity contribution in [3.63, 3.8) is 0 Å². The molecule has 0 unspecified atom stereocenters. The van der Waals surface area contributed by atoms with Gasteiger partial charge in [0.2, 0.25) is 5.91 Å². The van der Waals surface area contributed by atoms with Crippen molar-refractivity contribution < 1.29 is 27.1 Å². The number of carbonyl (C=O) groups is 1. The summed E-state index contributed by atoms with van der Waals surface area (Å²) in [7, 11) is 0.